The van der Waals surface area contributed by atoms with Gasteiger partial charge in [-0.3, -0.25) is 9.59 Å². The molecule has 0 aromatic heterocycles. The lowest BCUT2D eigenvalue weighted by Gasteiger charge is -2.19. The topological polar surface area (TPSA) is 104 Å². The zero-order valence-electron chi connectivity index (χ0n) is 16.5. The second-order valence-corrected chi connectivity index (χ2v) is 8.15. The largest absolute Gasteiger partial charge is 0.326 e. The molecule has 2 amide bonds. The zero-order chi connectivity index (χ0) is 21.6. The minimum Gasteiger partial charge on any atom is -0.326 e. The highest BCUT2D eigenvalue weighted by atomic mass is 32.2. The standard InChI is InChI=1S/C20H24FN3O4S/c1-4-14-6-9-16(22-13(3)25)12-19(14)23-20(26)18(5-2)24-29(27,28)17-10-7-15(21)8-11-17/h6-12,18,24H,4-5H2,1-3H3,(H,22,25)(H,23,26). The van der Waals surface area contributed by atoms with Gasteiger partial charge in [-0.2, -0.15) is 4.72 Å². The third kappa shape index (κ3) is 6.10. The highest BCUT2D eigenvalue weighted by Crippen LogP contribution is 2.22. The summed E-state index contributed by atoms with van der Waals surface area (Å²) in [6.45, 7) is 4.97. The van der Waals surface area contributed by atoms with E-state index in [0.29, 0.717) is 17.8 Å². The number of carbonyl (C=O) groups excluding carboxylic acids is 2. The molecule has 0 spiro atoms. The van der Waals surface area contributed by atoms with Crippen molar-refractivity contribution in [2.24, 2.45) is 0 Å². The van der Waals surface area contributed by atoms with Crippen LogP contribution in [0.25, 0.3) is 0 Å². The molecule has 2 rings (SSSR count). The Bertz CT molecular complexity index is 991. The van der Waals surface area contributed by atoms with E-state index >= 15 is 0 Å². The molecule has 0 aliphatic rings. The minimum atomic E-state index is -4.00. The molecule has 0 bridgehead atoms. The lowest BCUT2D eigenvalue weighted by molar-refractivity contribution is -0.117. The molecule has 0 heterocycles. The van der Waals surface area contributed by atoms with Gasteiger partial charge < -0.3 is 10.6 Å². The van der Waals surface area contributed by atoms with Crippen LogP contribution in [0, 0.1) is 5.82 Å². The molecule has 156 valence electrons. The van der Waals surface area contributed by atoms with E-state index in [9.17, 15) is 22.4 Å². The number of aryl methyl sites for hydroxylation is 1. The molecule has 0 aliphatic carbocycles. The van der Waals surface area contributed by atoms with Gasteiger partial charge in [-0.15, -0.1) is 0 Å². The van der Waals surface area contributed by atoms with Crippen molar-refractivity contribution in [2.75, 3.05) is 10.6 Å². The van der Waals surface area contributed by atoms with Crippen LogP contribution in [0.2, 0.25) is 0 Å². The second kappa shape index (κ2) is 9.62. The van der Waals surface area contributed by atoms with Crippen LogP contribution in [0.5, 0.6) is 0 Å². The molecule has 7 nitrogen and oxygen atoms in total. The highest BCUT2D eigenvalue weighted by Gasteiger charge is 2.25. The number of amides is 2. The van der Waals surface area contributed by atoms with Crippen LogP contribution in [0.1, 0.15) is 32.8 Å². The Morgan fingerprint density at radius 3 is 2.24 bits per heavy atom. The maximum atomic E-state index is 13.1. The summed E-state index contributed by atoms with van der Waals surface area (Å²) >= 11 is 0. The SMILES string of the molecule is CCc1ccc(NC(C)=O)cc1NC(=O)C(CC)NS(=O)(=O)c1ccc(F)cc1. The summed E-state index contributed by atoms with van der Waals surface area (Å²) in [7, 11) is -4.00. The maximum absolute atomic E-state index is 13.1. The Morgan fingerprint density at radius 2 is 1.69 bits per heavy atom. The van der Waals surface area contributed by atoms with Gasteiger partial charge in [-0.05, 0) is 54.8 Å². The van der Waals surface area contributed by atoms with Crippen molar-refractivity contribution < 1.29 is 22.4 Å². The van der Waals surface area contributed by atoms with Gasteiger partial charge in [0, 0.05) is 18.3 Å². The number of hydrogen-bond acceptors (Lipinski definition) is 4. The van der Waals surface area contributed by atoms with E-state index < -0.39 is 27.8 Å². The molecule has 0 radical (unpaired) electrons. The van der Waals surface area contributed by atoms with Crippen LogP contribution in [-0.4, -0.2) is 26.3 Å². The summed E-state index contributed by atoms with van der Waals surface area (Å²) in [4.78, 5) is 23.9. The molecular weight excluding hydrogens is 397 g/mol. The van der Waals surface area contributed by atoms with Gasteiger partial charge in [0.1, 0.15) is 11.9 Å². The first-order chi connectivity index (χ1) is 13.7. The average Bonchev–Trinajstić information content (AvgIpc) is 2.66. The smallest absolute Gasteiger partial charge is 0.242 e. The van der Waals surface area contributed by atoms with Gasteiger partial charge >= 0.3 is 0 Å². The molecular formula is C20H24FN3O4S. The van der Waals surface area contributed by atoms with Gasteiger partial charge in [0.25, 0.3) is 0 Å². The Morgan fingerprint density at radius 1 is 1.03 bits per heavy atom. The van der Waals surface area contributed by atoms with Crippen molar-refractivity contribution in [3.63, 3.8) is 0 Å². The number of benzene rings is 2. The Balaban J connectivity index is 2.21. The van der Waals surface area contributed by atoms with Crippen LogP contribution in [0.4, 0.5) is 15.8 Å². The van der Waals surface area contributed by atoms with Crippen molar-refractivity contribution in [1.29, 1.82) is 0 Å². The molecule has 9 heteroatoms. The van der Waals surface area contributed by atoms with Gasteiger partial charge in [0.2, 0.25) is 21.8 Å². The zero-order valence-corrected chi connectivity index (χ0v) is 17.3. The maximum Gasteiger partial charge on any atom is 0.242 e. The van der Waals surface area contributed by atoms with E-state index in [-0.39, 0.29) is 17.2 Å². The third-order valence-corrected chi connectivity index (χ3v) is 5.70. The third-order valence-electron chi connectivity index (χ3n) is 4.22. The van der Waals surface area contributed by atoms with Gasteiger partial charge in [0.15, 0.2) is 0 Å². The monoisotopic (exact) mass is 421 g/mol. The van der Waals surface area contributed by atoms with E-state index in [2.05, 4.69) is 15.4 Å². The highest BCUT2D eigenvalue weighted by molar-refractivity contribution is 7.89. The van der Waals surface area contributed by atoms with Gasteiger partial charge in [0.05, 0.1) is 4.90 Å². The molecule has 1 atom stereocenters. The molecule has 0 aliphatic heterocycles. The normalized spacial score (nSPS) is 12.3. The van der Waals surface area contributed by atoms with Crippen LogP contribution >= 0.6 is 0 Å². The molecule has 0 saturated heterocycles. The van der Waals surface area contributed by atoms with Crippen LogP contribution in [0.15, 0.2) is 47.4 Å². The van der Waals surface area contributed by atoms with Crippen LogP contribution in [0.3, 0.4) is 0 Å². The van der Waals surface area contributed by atoms with E-state index in [1.165, 1.54) is 6.92 Å². The molecule has 29 heavy (non-hydrogen) atoms. The lowest BCUT2D eigenvalue weighted by atomic mass is 10.1. The molecule has 0 saturated carbocycles. The summed E-state index contributed by atoms with van der Waals surface area (Å²) in [5, 5.41) is 5.38. The fourth-order valence-corrected chi connectivity index (χ4v) is 3.97. The summed E-state index contributed by atoms with van der Waals surface area (Å²) in [6, 6.07) is 8.45. The number of rotatable bonds is 8. The van der Waals surface area contributed by atoms with Crippen molar-refractivity contribution in [3.05, 3.63) is 53.8 Å². The number of nitrogens with one attached hydrogen (secondary N) is 3. The molecule has 0 fully saturated rings. The van der Waals surface area contributed by atoms with Crippen LogP contribution in [-0.2, 0) is 26.0 Å². The number of halogens is 1. The first kappa shape index (κ1) is 22.5. The van der Waals surface area contributed by atoms with E-state index in [1.54, 1.807) is 25.1 Å². The molecule has 1 unspecified atom stereocenters. The minimum absolute atomic E-state index is 0.132. The summed E-state index contributed by atoms with van der Waals surface area (Å²) < 4.78 is 40.4. The average molecular weight is 421 g/mol. The Hall–Kier alpha value is -2.78. The van der Waals surface area contributed by atoms with Crippen molar-refractivity contribution in [3.8, 4) is 0 Å². The number of sulfonamides is 1. The number of anilines is 2. The van der Waals surface area contributed by atoms with Crippen molar-refractivity contribution in [1.82, 2.24) is 4.72 Å². The van der Waals surface area contributed by atoms with E-state index in [1.807, 2.05) is 6.92 Å². The number of carbonyl (C=O) groups is 2. The van der Waals surface area contributed by atoms with Crippen molar-refractivity contribution in [2.45, 2.75) is 44.6 Å². The van der Waals surface area contributed by atoms with Gasteiger partial charge in [-0.25, -0.2) is 12.8 Å². The predicted molar refractivity (Wildman–Crippen MR) is 110 cm³/mol. The van der Waals surface area contributed by atoms with Crippen LogP contribution < -0.4 is 15.4 Å². The Kier molecular flexibility index (Phi) is 7.46. The predicted octanol–water partition coefficient (Wildman–Crippen LogP) is 3.04. The second-order valence-electron chi connectivity index (χ2n) is 6.43. The number of hydrogen-bond donors (Lipinski definition) is 3. The first-order valence-electron chi connectivity index (χ1n) is 9.15. The van der Waals surface area contributed by atoms with E-state index in [4.69, 9.17) is 0 Å². The lowest BCUT2D eigenvalue weighted by Crippen LogP contribution is -2.43. The van der Waals surface area contributed by atoms with E-state index in [0.717, 1.165) is 29.8 Å². The summed E-state index contributed by atoms with van der Waals surface area (Å²) in [6.07, 6.45) is 0.840. The molecule has 3 N–H and O–H groups in total. The molecule has 2 aromatic carbocycles. The first-order valence-corrected chi connectivity index (χ1v) is 10.6. The molecule has 2 aromatic rings. The summed E-state index contributed by atoms with van der Waals surface area (Å²) in [5.41, 5.74) is 1.84. The quantitative estimate of drug-likeness (QED) is 0.609. The van der Waals surface area contributed by atoms with Crippen molar-refractivity contribution >= 4 is 33.2 Å². The van der Waals surface area contributed by atoms with Gasteiger partial charge in [-0.1, -0.05) is 19.9 Å². The Labute approximate surface area is 169 Å². The summed E-state index contributed by atoms with van der Waals surface area (Å²) in [5.74, 6) is -1.34. The fraction of sp³-hybridized carbons (Fsp3) is 0.300. The fourth-order valence-electron chi connectivity index (χ4n) is 2.69.